The number of halogens is 1. The molecule has 20 heavy (non-hydrogen) atoms. The van der Waals surface area contributed by atoms with Crippen molar-refractivity contribution in [3.8, 4) is 11.1 Å². The largest absolute Gasteiger partial charge is 0.372 e. The number of aromatic nitrogens is 2. The minimum atomic E-state index is 0.892. The molecular weight excluding hydrogens is 334 g/mol. The van der Waals surface area contributed by atoms with Gasteiger partial charge in [0, 0.05) is 22.0 Å². The lowest BCUT2D eigenvalue weighted by atomic mass is 10.0. The van der Waals surface area contributed by atoms with Gasteiger partial charge in [0.2, 0.25) is 0 Å². The van der Waals surface area contributed by atoms with Gasteiger partial charge in [-0.1, -0.05) is 35.0 Å². The van der Waals surface area contributed by atoms with Crippen molar-refractivity contribution in [2.75, 3.05) is 12.4 Å². The molecule has 0 amide bonds. The summed E-state index contributed by atoms with van der Waals surface area (Å²) in [5.74, 6) is 0.892. The van der Waals surface area contributed by atoms with E-state index in [1.165, 1.54) is 16.0 Å². The van der Waals surface area contributed by atoms with Crippen molar-refractivity contribution in [2.24, 2.45) is 0 Å². The van der Waals surface area contributed by atoms with Crippen LogP contribution in [0.1, 0.15) is 11.8 Å². The molecule has 0 radical (unpaired) electrons. The molecule has 2 heterocycles. The summed E-state index contributed by atoms with van der Waals surface area (Å²) in [6.45, 7) is 2.18. The van der Waals surface area contributed by atoms with Crippen LogP contribution in [-0.2, 0) is 6.42 Å². The Balaban J connectivity index is 2.34. The van der Waals surface area contributed by atoms with E-state index in [4.69, 9.17) is 0 Å². The first-order valence-electron chi connectivity index (χ1n) is 6.44. The van der Waals surface area contributed by atoms with E-state index in [0.29, 0.717) is 0 Å². The van der Waals surface area contributed by atoms with Crippen LogP contribution < -0.4 is 5.32 Å². The Hall–Kier alpha value is -1.46. The van der Waals surface area contributed by atoms with E-state index in [1.54, 1.807) is 17.7 Å². The van der Waals surface area contributed by atoms with Crippen molar-refractivity contribution >= 4 is 43.3 Å². The van der Waals surface area contributed by atoms with E-state index in [2.05, 4.69) is 62.4 Å². The van der Waals surface area contributed by atoms with E-state index in [9.17, 15) is 0 Å². The van der Waals surface area contributed by atoms with Crippen molar-refractivity contribution in [3.63, 3.8) is 0 Å². The highest BCUT2D eigenvalue weighted by atomic mass is 79.9. The molecule has 1 aromatic carbocycles. The molecule has 0 bridgehead atoms. The van der Waals surface area contributed by atoms with Gasteiger partial charge in [0.05, 0.1) is 5.39 Å². The van der Waals surface area contributed by atoms with Gasteiger partial charge in [-0.25, -0.2) is 9.97 Å². The molecular formula is C15H14BrN3S. The maximum absolute atomic E-state index is 4.42. The van der Waals surface area contributed by atoms with Crippen molar-refractivity contribution in [3.05, 3.63) is 39.9 Å². The third kappa shape index (κ3) is 2.21. The number of rotatable bonds is 3. The van der Waals surface area contributed by atoms with Crippen LogP contribution in [0.2, 0.25) is 0 Å². The zero-order valence-electron chi connectivity index (χ0n) is 11.3. The topological polar surface area (TPSA) is 37.8 Å². The lowest BCUT2D eigenvalue weighted by molar-refractivity contribution is 1.19. The maximum Gasteiger partial charge on any atom is 0.138 e. The quantitative estimate of drug-likeness (QED) is 0.744. The zero-order valence-corrected chi connectivity index (χ0v) is 13.7. The summed E-state index contributed by atoms with van der Waals surface area (Å²) < 4.78 is 1.09. The third-order valence-corrected chi connectivity index (χ3v) is 5.02. The van der Waals surface area contributed by atoms with E-state index < -0.39 is 0 Å². The van der Waals surface area contributed by atoms with Crippen molar-refractivity contribution in [1.82, 2.24) is 9.97 Å². The Bertz CT molecular complexity index is 750. The third-order valence-electron chi connectivity index (χ3n) is 3.25. The van der Waals surface area contributed by atoms with Crippen LogP contribution in [0, 0.1) is 0 Å². The first-order valence-corrected chi connectivity index (χ1v) is 8.05. The molecule has 0 atom stereocenters. The maximum atomic E-state index is 4.42. The summed E-state index contributed by atoms with van der Waals surface area (Å²) in [4.78, 5) is 11.2. The molecule has 0 saturated heterocycles. The summed E-state index contributed by atoms with van der Waals surface area (Å²) in [6, 6.07) is 8.41. The second kappa shape index (κ2) is 5.50. The summed E-state index contributed by atoms with van der Waals surface area (Å²) >= 11 is 5.24. The molecule has 0 unspecified atom stereocenters. The molecule has 3 rings (SSSR count). The Morgan fingerprint density at radius 3 is 2.60 bits per heavy atom. The predicted octanol–water partition coefficient (Wildman–Crippen LogP) is 4.72. The van der Waals surface area contributed by atoms with Gasteiger partial charge in [-0.3, -0.25) is 0 Å². The highest BCUT2D eigenvalue weighted by Crippen LogP contribution is 2.41. The fourth-order valence-corrected chi connectivity index (χ4v) is 3.70. The molecule has 0 spiro atoms. The van der Waals surface area contributed by atoms with Crippen molar-refractivity contribution in [1.29, 1.82) is 0 Å². The summed E-state index contributed by atoms with van der Waals surface area (Å²) in [5.41, 5.74) is 2.47. The lowest BCUT2D eigenvalue weighted by Gasteiger charge is -2.06. The van der Waals surface area contributed by atoms with Gasteiger partial charge in [-0.2, -0.15) is 0 Å². The number of hydrogen-bond acceptors (Lipinski definition) is 4. The second-order valence-corrected chi connectivity index (χ2v) is 6.41. The zero-order chi connectivity index (χ0) is 14.1. The molecule has 102 valence electrons. The minimum Gasteiger partial charge on any atom is -0.372 e. The van der Waals surface area contributed by atoms with Crippen LogP contribution in [0.25, 0.3) is 21.3 Å². The number of thiophene rings is 1. The normalized spacial score (nSPS) is 10.9. The SMILES string of the molecule is CCc1sc2ncnc(NC)c2c1-c1ccc(Br)cc1. The molecule has 3 nitrogen and oxygen atoms in total. The van der Waals surface area contributed by atoms with Gasteiger partial charge in [-0.15, -0.1) is 11.3 Å². The molecule has 2 aromatic heterocycles. The molecule has 0 aliphatic carbocycles. The van der Waals surface area contributed by atoms with Crippen LogP contribution in [0.15, 0.2) is 35.1 Å². The van der Waals surface area contributed by atoms with E-state index >= 15 is 0 Å². The fourth-order valence-electron chi connectivity index (χ4n) is 2.34. The van der Waals surface area contributed by atoms with Crippen molar-refractivity contribution in [2.45, 2.75) is 13.3 Å². The molecule has 0 saturated carbocycles. The summed E-state index contributed by atoms with van der Waals surface area (Å²) in [6.07, 6.45) is 2.62. The Kier molecular flexibility index (Phi) is 3.72. The lowest BCUT2D eigenvalue weighted by Crippen LogP contribution is -1.94. The van der Waals surface area contributed by atoms with Gasteiger partial charge < -0.3 is 5.32 Å². The average Bonchev–Trinajstić information content (AvgIpc) is 2.86. The Morgan fingerprint density at radius 2 is 1.95 bits per heavy atom. The number of fused-ring (bicyclic) bond motifs is 1. The Labute approximate surface area is 130 Å². The predicted molar refractivity (Wildman–Crippen MR) is 89.5 cm³/mol. The number of benzene rings is 1. The smallest absolute Gasteiger partial charge is 0.138 e. The average molecular weight is 348 g/mol. The number of nitrogens with one attached hydrogen (secondary N) is 1. The monoisotopic (exact) mass is 347 g/mol. The van der Waals surface area contributed by atoms with Gasteiger partial charge in [0.25, 0.3) is 0 Å². The van der Waals surface area contributed by atoms with Gasteiger partial charge in [0.1, 0.15) is 17.0 Å². The first kappa shape index (κ1) is 13.5. The molecule has 5 heteroatoms. The van der Waals surface area contributed by atoms with Crippen LogP contribution in [0.3, 0.4) is 0 Å². The van der Waals surface area contributed by atoms with E-state index in [0.717, 1.165) is 26.9 Å². The number of aryl methyl sites for hydroxylation is 1. The minimum absolute atomic E-state index is 0.892. The number of anilines is 1. The van der Waals surface area contributed by atoms with Crippen LogP contribution >= 0.6 is 27.3 Å². The van der Waals surface area contributed by atoms with Gasteiger partial charge in [-0.05, 0) is 24.1 Å². The van der Waals surface area contributed by atoms with Crippen LogP contribution in [-0.4, -0.2) is 17.0 Å². The summed E-state index contributed by atoms with van der Waals surface area (Å²) in [7, 11) is 1.90. The molecule has 1 N–H and O–H groups in total. The van der Waals surface area contributed by atoms with Crippen molar-refractivity contribution < 1.29 is 0 Å². The molecule has 0 aliphatic rings. The fraction of sp³-hybridized carbons (Fsp3) is 0.200. The van der Waals surface area contributed by atoms with Crippen LogP contribution in [0.4, 0.5) is 5.82 Å². The van der Waals surface area contributed by atoms with E-state index in [-0.39, 0.29) is 0 Å². The Morgan fingerprint density at radius 1 is 1.20 bits per heavy atom. The standard InChI is InChI=1S/C15H14BrN3S/c1-3-11-12(9-4-6-10(16)7-5-9)13-14(17-2)18-8-19-15(13)20-11/h4-8H,3H2,1-2H3,(H,17,18,19). The highest BCUT2D eigenvalue weighted by molar-refractivity contribution is 9.10. The van der Waals surface area contributed by atoms with Gasteiger partial charge in [0.15, 0.2) is 0 Å². The van der Waals surface area contributed by atoms with Crippen LogP contribution in [0.5, 0.6) is 0 Å². The molecule has 3 aromatic rings. The highest BCUT2D eigenvalue weighted by Gasteiger charge is 2.17. The summed E-state index contributed by atoms with van der Waals surface area (Å²) in [5, 5.41) is 4.30. The molecule has 0 aliphatic heterocycles. The first-order chi connectivity index (χ1) is 9.74. The number of nitrogens with zero attached hydrogens (tertiary/aromatic N) is 2. The number of hydrogen-bond donors (Lipinski definition) is 1. The molecule has 0 fully saturated rings. The van der Waals surface area contributed by atoms with Gasteiger partial charge >= 0.3 is 0 Å². The van der Waals surface area contributed by atoms with E-state index in [1.807, 2.05) is 7.05 Å². The second-order valence-electron chi connectivity index (χ2n) is 4.41.